The van der Waals surface area contributed by atoms with E-state index < -0.39 is 0 Å². The van der Waals surface area contributed by atoms with Gasteiger partial charge in [0.2, 0.25) is 5.91 Å². The van der Waals surface area contributed by atoms with E-state index in [0.717, 1.165) is 38.0 Å². The number of benzene rings is 1. The summed E-state index contributed by atoms with van der Waals surface area (Å²) in [6, 6.07) is 7.85. The number of aryl methyl sites for hydroxylation is 1. The van der Waals surface area contributed by atoms with Crippen molar-refractivity contribution in [3.05, 3.63) is 29.8 Å². The molecule has 0 spiro atoms. The average molecular weight is 377 g/mol. The highest BCUT2D eigenvalue weighted by atomic mass is 16.3. The highest BCUT2D eigenvalue weighted by Crippen LogP contribution is 2.14. The van der Waals surface area contributed by atoms with Crippen molar-refractivity contribution in [3.63, 3.8) is 0 Å². The largest absolute Gasteiger partial charge is 0.396 e. The number of rotatable bonds is 11. The molecule has 6 nitrogen and oxygen atoms in total. The molecule has 0 fully saturated rings. The molecule has 1 amide bonds. The predicted molar refractivity (Wildman–Crippen MR) is 113 cm³/mol. The van der Waals surface area contributed by atoms with Crippen molar-refractivity contribution in [1.29, 1.82) is 0 Å². The van der Waals surface area contributed by atoms with Crippen LogP contribution in [0.3, 0.4) is 0 Å². The summed E-state index contributed by atoms with van der Waals surface area (Å²) >= 11 is 0. The summed E-state index contributed by atoms with van der Waals surface area (Å²) in [6.45, 7) is 10.1. The van der Waals surface area contributed by atoms with Crippen LogP contribution in [0.15, 0.2) is 29.3 Å². The van der Waals surface area contributed by atoms with E-state index in [1.165, 1.54) is 5.56 Å². The number of aliphatic imine (C=N–C) groups is 1. The molecule has 0 aliphatic heterocycles. The van der Waals surface area contributed by atoms with Gasteiger partial charge in [-0.15, -0.1) is 0 Å². The second kappa shape index (κ2) is 13.1. The zero-order chi connectivity index (χ0) is 20.1. The van der Waals surface area contributed by atoms with Gasteiger partial charge in [-0.05, 0) is 55.7 Å². The van der Waals surface area contributed by atoms with Crippen LogP contribution in [-0.4, -0.2) is 43.2 Å². The van der Waals surface area contributed by atoms with E-state index in [0.29, 0.717) is 17.8 Å². The Labute approximate surface area is 163 Å². The Balaban J connectivity index is 2.59. The molecule has 1 aromatic rings. The Morgan fingerprint density at radius 2 is 2.00 bits per heavy atom. The fourth-order valence-corrected chi connectivity index (χ4v) is 2.96. The van der Waals surface area contributed by atoms with Crippen LogP contribution in [0.1, 0.15) is 46.1 Å². The van der Waals surface area contributed by atoms with Crippen LogP contribution in [0.25, 0.3) is 0 Å². The first kappa shape index (κ1) is 23.0. The van der Waals surface area contributed by atoms with Crippen LogP contribution in [0.5, 0.6) is 0 Å². The zero-order valence-electron chi connectivity index (χ0n) is 17.2. The lowest BCUT2D eigenvalue weighted by molar-refractivity contribution is -0.114. The molecule has 27 heavy (non-hydrogen) atoms. The van der Waals surface area contributed by atoms with Crippen molar-refractivity contribution in [1.82, 2.24) is 10.6 Å². The van der Waals surface area contributed by atoms with E-state index in [-0.39, 0.29) is 19.1 Å². The van der Waals surface area contributed by atoms with Gasteiger partial charge in [0, 0.05) is 25.4 Å². The minimum atomic E-state index is -0.144. The summed E-state index contributed by atoms with van der Waals surface area (Å²) in [6.07, 6.45) is 2.74. The minimum absolute atomic E-state index is 0.0561. The molecule has 0 bridgehead atoms. The minimum Gasteiger partial charge on any atom is -0.396 e. The first-order chi connectivity index (χ1) is 13.0. The number of hydrogen-bond acceptors (Lipinski definition) is 3. The first-order valence-corrected chi connectivity index (χ1v) is 10.00. The maximum atomic E-state index is 12.2. The van der Waals surface area contributed by atoms with Gasteiger partial charge in [0.05, 0.1) is 0 Å². The van der Waals surface area contributed by atoms with Gasteiger partial charge in [-0.2, -0.15) is 0 Å². The molecule has 6 heteroatoms. The molecule has 152 valence electrons. The molecule has 1 aromatic carbocycles. The summed E-state index contributed by atoms with van der Waals surface area (Å²) in [7, 11) is 0. The molecule has 1 atom stereocenters. The van der Waals surface area contributed by atoms with Crippen molar-refractivity contribution in [2.24, 2.45) is 16.8 Å². The maximum absolute atomic E-state index is 12.2. The summed E-state index contributed by atoms with van der Waals surface area (Å²) in [5, 5.41) is 18.6. The molecule has 0 saturated carbocycles. The number of nitrogens with one attached hydrogen (secondary N) is 3. The van der Waals surface area contributed by atoms with Gasteiger partial charge in [-0.3, -0.25) is 4.79 Å². The van der Waals surface area contributed by atoms with Crippen molar-refractivity contribution >= 4 is 17.6 Å². The summed E-state index contributed by atoms with van der Waals surface area (Å²) in [4.78, 5) is 16.6. The number of amides is 1. The van der Waals surface area contributed by atoms with E-state index in [1.54, 1.807) is 0 Å². The maximum Gasteiger partial charge on any atom is 0.246 e. The molecule has 1 unspecified atom stereocenters. The lowest BCUT2D eigenvalue weighted by Crippen LogP contribution is -2.40. The molecule has 0 aliphatic carbocycles. The monoisotopic (exact) mass is 376 g/mol. The van der Waals surface area contributed by atoms with Gasteiger partial charge >= 0.3 is 0 Å². The van der Waals surface area contributed by atoms with Gasteiger partial charge in [0.25, 0.3) is 0 Å². The van der Waals surface area contributed by atoms with Crippen molar-refractivity contribution in [2.45, 2.75) is 47.0 Å². The van der Waals surface area contributed by atoms with E-state index in [1.807, 2.05) is 31.2 Å². The SMILES string of the molecule is CCNC(=NCC(=O)Nc1cccc(CC)c1)NCC(CCO)CC(C)C. The smallest absolute Gasteiger partial charge is 0.246 e. The predicted octanol–water partition coefficient (Wildman–Crippen LogP) is 2.79. The summed E-state index contributed by atoms with van der Waals surface area (Å²) < 4.78 is 0. The van der Waals surface area contributed by atoms with E-state index >= 15 is 0 Å². The van der Waals surface area contributed by atoms with Crippen molar-refractivity contribution < 1.29 is 9.90 Å². The van der Waals surface area contributed by atoms with Gasteiger partial charge in [-0.1, -0.05) is 32.9 Å². The Kier molecular flexibility index (Phi) is 11.2. The van der Waals surface area contributed by atoms with E-state index in [9.17, 15) is 9.90 Å². The number of anilines is 1. The van der Waals surface area contributed by atoms with E-state index in [4.69, 9.17) is 0 Å². The number of guanidine groups is 1. The van der Waals surface area contributed by atoms with Crippen LogP contribution < -0.4 is 16.0 Å². The van der Waals surface area contributed by atoms with Gasteiger partial charge in [0.1, 0.15) is 6.54 Å². The van der Waals surface area contributed by atoms with Crippen LogP contribution in [0, 0.1) is 11.8 Å². The van der Waals surface area contributed by atoms with Crippen LogP contribution in [-0.2, 0) is 11.2 Å². The fourth-order valence-electron chi connectivity index (χ4n) is 2.96. The number of aliphatic hydroxyl groups is 1. The number of hydrogen-bond donors (Lipinski definition) is 4. The Morgan fingerprint density at radius 1 is 1.22 bits per heavy atom. The second-order valence-electron chi connectivity index (χ2n) is 7.19. The first-order valence-electron chi connectivity index (χ1n) is 10.00. The highest BCUT2D eigenvalue weighted by molar-refractivity contribution is 5.94. The van der Waals surface area contributed by atoms with Crippen LogP contribution in [0.2, 0.25) is 0 Å². The fraction of sp³-hybridized carbons (Fsp3) is 0.619. The molecular formula is C21H36N4O2. The van der Waals surface area contributed by atoms with Crippen LogP contribution in [0.4, 0.5) is 5.69 Å². The third-order valence-corrected chi connectivity index (χ3v) is 4.24. The van der Waals surface area contributed by atoms with Crippen molar-refractivity contribution in [2.75, 3.05) is 31.6 Å². The van der Waals surface area contributed by atoms with E-state index in [2.05, 4.69) is 41.7 Å². The molecule has 0 radical (unpaired) electrons. The lowest BCUT2D eigenvalue weighted by atomic mass is 9.94. The third-order valence-electron chi connectivity index (χ3n) is 4.24. The Hall–Kier alpha value is -2.08. The molecule has 0 aliphatic rings. The molecule has 1 rings (SSSR count). The van der Waals surface area contributed by atoms with Crippen molar-refractivity contribution in [3.8, 4) is 0 Å². The second-order valence-corrected chi connectivity index (χ2v) is 7.19. The van der Waals surface area contributed by atoms with Gasteiger partial charge in [0.15, 0.2) is 5.96 Å². The molecule has 0 heterocycles. The Morgan fingerprint density at radius 3 is 2.63 bits per heavy atom. The summed E-state index contributed by atoms with van der Waals surface area (Å²) in [5.41, 5.74) is 1.99. The standard InChI is InChI=1S/C21H36N4O2/c1-5-17-8-7-9-19(13-17)25-20(27)15-24-21(22-6-2)23-14-18(10-11-26)12-16(3)4/h7-9,13,16,18,26H,5-6,10-12,14-15H2,1-4H3,(H,25,27)(H2,22,23,24). The van der Waals surface area contributed by atoms with Crippen LogP contribution >= 0.6 is 0 Å². The molecular weight excluding hydrogens is 340 g/mol. The molecule has 0 aromatic heterocycles. The number of aliphatic hydroxyl groups excluding tert-OH is 1. The quantitative estimate of drug-likeness (QED) is 0.353. The summed E-state index contributed by atoms with van der Waals surface area (Å²) in [5.74, 6) is 1.44. The highest BCUT2D eigenvalue weighted by Gasteiger charge is 2.11. The average Bonchev–Trinajstić information content (AvgIpc) is 2.63. The van der Waals surface area contributed by atoms with Gasteiger partial charge < -0.3 is 21.1 Å². The topological polar surface area (TPSA) is 85.8 Å². The number of nitrogens with zero attached hydrogens (tertiary/aromatic N) is 1. The Bertz CT molecular complexity index is 587. The zero-order valence-corrected chi connectivity index (χ0v) is 17.2. The molecule has 0 saturated heterocycles. The third kappa shape index (κ3) is 9.99. The van der Waals surface area contributed by atoms with Gasteiger partial charge in [-0.25, -0.2) is 4.99 Å². The number of carbonyl (C=O) groups excluding carboxylic acids is 1. The number of carbonyl (C=O) groups is 1. The lowest BCUT2D eigenvalue weighted by Gasteiger charge is -2.20. The molecule has 4 N–H and O–H groups in total. The normalized spacial score (nSPS) is 12.7.